The maximum absolute atomic E-state index is 5.81. The van der Waals surface area contributed by atoms with Crippen LogP contribution in [-0.4, -0.2) is 30.9 Å². The lowest BCUT2D eigenvalue weighted by atomic mass is 10.4. The second kappa shape index (κ2) is 5.95. The van der Waals surface area contributed by atoms with E-state index in [9.17, 15) is 0 Å². The highest BCUT2D eigenvalue weighted by molar-refractivity contribution is 6.84. The lowest BCUT2D eigenvalue weighted by molar-refractivity contribution is 0.259. The molecule has 0 aliphatic heterocycles. The molecule has 0 aromatic heterocycles. The van der Waals surface area contributed by atoms with Gasteiger partial charge < -0.3 is 8.85 Å². The molecular formula is C13H24O2Si2. The molecule has 0 radical (unpaired) electrons. The Bertz CT molecular complexity index is 329. The minimum atomic E-state index is -2.19. The molecule has 17 heavy (non-hydrogen) atoms. The second-order valence-electron chi connectivity index (χ2n) is 5.59. The molecule has 0 atom stereocenters. The van der Waals surface area contributed by atoms with E-state index in [-0.39, 0.29) is 0 Å². The number of hydrogen-bond acceptors (Lipinski definition) is 2. The summed E-state index contributed by atoms with van der Waals surface area (Å²) in [7, 11) is 0.317. The van der Waals surface area contributed by atoms with E-state index >= 15 is 0 Å². The molecule has 1 aromatic carbocycles. The minimum absolute atomic E-state index is 1.06. The fourth-order valence-corrected chi connectivity index (χ4v) is 8.25. The average Bonchev–Trinajstić information content (AvgIpc) is 2.31. The van der Waals surface area contributed by atoms with Gasteiger partial charge in [-0.05, 0) is 11.2 Å². The zero-order valence-electron chi connectivity index (χ0n) is 11.6. The van der Waals surface area contributed by atoms with Crippen molar-refractivity contribution in [2.45, 2.75) is 31.7 Å². The minimum Gasteiger partial charge on any atom is -0.394 e. The van der Waals surface area contributed by atoms with Gasteiger partial charge in [-0.25, -0.2) is 0 Å². The molecule has 0 saturated carbocycles. The van der Waals surface area contributed by atoms with Crippen LogP contribution in [0.1, 0.15) is 0 Å². The molecule has 4 heteroatoms. The molecule has 0 saturated heterocycles. The van der Waals surface area contributed by atoms with Gasteiger partial charge in [0.1, 0.15) is 0 Å². The van der Waals surface area contributed by atoms with Crippen LogP contribution in [0.25, 0.3) is 0 Å². The van der Waals surface area contributed by atoms with Crippen molar-refractivity contribution in [3.8, 4) is 0 Å². The van der Waals surface area contributed by atoms with Crippen molar-refractivity contribution in [2.24, 2.45) is 0 Å². The van der Waals surface area contributed by atoms with Crippen LogP contribution < -0.4 is 5.19 Å². The van der Waals surface area contributed by atoms with Crippen LogP contribution >= 0.6 is 0 Å². The van der Waals surface area contributed by atoms with Crippen LogP contribution in [0.2, 0.25) is 31.7 Å². The van der Waals surface area contributed by atoms with E-state index in [0.29, 0.717) is 0 Å². The van der Waals surface area contributed by atoms with E-state index in [0.717, 1.165) is 6.04 Å². The third kappa shape index (κ3) is 4.06. The summed E-state index contributed by atoms with van der Waals surface area (Å²) < 4.78 is 11.6. The highest BCUT2D eigenvalue weighted by Gasteiger charge is 2.38. The summed E-state index contributed by atoms with van der Waals surface area (Å²) in [6.45, 7) is 7.17. The van der Waals surface area contributed by atoms with Crippen molar-refractivity contribution < 1.29 is 8.85 Å². The van der Waals surface area contributed by atoms with Gasteiger partial charge in [-0.2, -0.15) is 0 Å². The van der Waals surface area contributed by atoms with Crippen LogP contribution in [0.15, 0.2) is 30.3 Å². The molecule has 1 aromatic rings. The monoisotopic (exact) mass is 268 g/mol. The van der Waals surface area contributed by atoms with Gasteiger partial charge >= 0.3 is 8.56 Å². The first kappa shape index (κ1) is 14.6. The summed E-state index contributed by atoms with van der Waals surface area (Å²) in [4.78, 5) is 0. The van der Waals surface area contributed by atoms with E-state index in [4.69, 9.17) is 8.85 Å². The summed E-state index contributed by atoms with van der Waals surface area (Å²) in [5.74, 6) is 0. The van der Waals surface area contributed by atoms with Gasteiger partial charge in [0.2, 0.25) is 0 Å². The van der Waals surface area contributed by atoms with Gasteiger partial charge in [0.05, 0.1) is 0 Å². The smallest absolute Gasteiger partial charge is 0.371 e. The van der Waals surface area contributed by atoms with E-state index in [1.807, 2.05) is 6.07 Å². The molecule has 2 nitrogen and oxygen atoms in total. The Hall–Kier alpha value is -0.426. The lowest BCUT2D eigenvalue weighted by Crippen LogP contribution is -2.53. The van der Waals surface area contributed by atoms with Crippen molar-refractivity contribution in [2.75, 3.05) is 14.2 Å². The predicted molar refractivity (Wildman–Crippen MR) is 78.8 cm³/mol. The fraction of sp³-hybridized carbons (Fsp3) is 0.538. The Morgan fingerprint density at radius 2 is 1.41 bits per heavy atom. The maximum Gasteiger partial charge on any atom is 0.371 e. The largest absolute Gasteiger partial charge is 0.394 e. The first-order valence-electron chi connectivity index (χ1n) is 6.09. The maximum atomic E-state index is 5.81. The molecule has 0 heterocycles. The topological polar surface area (TPSA) is 18.5 Å². The molecular weight excluding hydrogens is 244 g/mol. The van der Waals surface area contributed by atoms with E-state index < -0.39 is 16.6 Å². The van der Waals surface area contributed by atoms with E-state index in [1.54, 1.807) is 14.2 Å². The SMILES string of the molecule is CO[Si](CC[Si](C)(C)C)(OC)c1ccccc1. The third-order valence-corrected chi connectivity index (χ3v) is 8.77. The molecule has 96 valence electrons. The zero-order valence-corrected chi connectivity index (χ0v) is 13.6. The summed E-state index contributed by atoms with van der Waals surface area (Å²) in [6.07, 6.45) is 0. The summed E-state index contributed by atoms with van der Waals surface area (Å²) in [5.41, 5.74) is 0. The van der Waals surface area contributed by atoms with Gasteiger partial charge in [0.15, 0.2) is 0 Å². The highest BCUT2D eigenvalue weighted by Crippen LogP contribution is 2.21. The van der Waals surface area contributed by atoms with Crippen molar-refractivity contribution >= 4 is 21.8 Å². The Morgan fingerprint density at radius 3 is 1.82 bits per heavy atom. The van der Waals surface area contributed by atoms with Crippen LogP contribution in [0.5, 0.6) is 0 Å². The molecule has 0 unspecified atom stereocenters. The molecule has 0 amide bonds. The van der Waals surface area contributed by atoms with Crippen LogP contribution in [0.4, 0.5) is 0 Å². The number of hydrogen-bond donors (Lipinski definition) is 0. The average molecular weight is 269 g/mol. The summed E-state index contributed by atoms with van der Waals surface area (Å²) in [5, 5.41) is 1.24. The molecule has 0 bridgehead atoms. The summed E-state index contributed by atoms with van der Waals surface area (Å²) in [6, 6.07) is 12.7. The Kier molecular flexibility index (Phi) is 5.12. The number of rotatable bonds is 6. The van der Waals surface area contributed by atoms with Crippen molar-refractivity contribution in [3.05, 3.63) is 30.3 Å². The zero-order chi connectivity index (χ0) is 12.9. The Labute approximate surface area is 107 Å². The van der Waals surface area contributed by atoms with Crippen LogP contribution in [0, 0.1) is 0 Å². The normalized spacial score (nSPS) is 12.8. The Balaban J connectivity index is 2.90. The van der Waals surface area contributed by atoms with Gasteiger partial charge in [-0.3, -0.25) is 0 Å². The first-order chi connectivity index (χ1) is 7.93. The van der Waals surface area contributed by atoms with Gasteiger partial charge in [-0.15, -0.1) is 0 Å². The molecule has 0 N–H and O–H groups in total. The van der Waals surface area contributed by atoms with Crippen molar-refractivity contribution in [1.82, 2.24) is 0 Å². The van der Waals surface area contributed by atoms with E-state index in [2.05, 4.69) is 43.9 Å². The van der Waals surface area contributed by atoms with Crippen LogP contribution in [-0.2, 0) is 8.85 Å². The van der Waals surface area contributed by atoms with Gasteiger partial charge in [0.25, 0.3) is 0 Å². The molecule has 0 fully saturated rings. The third-order valence-electron chi connectivity index (χ3n) is 3.08. The van der Waals surface area contributed by atoms with Gasteiger partial charge in [-0.1, -0.05) is 56.0 Å². The highest BCUT2D eigenvalue weighted by atomic mass is 28.4. The fourth-order valence-electron chi connectivity index (χ4n) is 1.90. The van der Waals surface area contributed by atoms with E-state index in [1.165, 1.54) is 11.2 Å². The first-order valence-corrected chi connectivity index (χ1v) is 11.8. The molecule has 1 rings (SSSR count). The quantitative estimate of drug-likeness (QED) is 0.739. The lowest BCUT2D eigenvalue weighted by Gasteiger charge is -2.30. The molecule has 0 aliphatic rings. The van der Waals surface area contributed by atoms with Crippen molar-refractivity contribution in [3.63, 3.8) is 0 Å². The molecule has 0 spiro atoms. The second-order valence-corrected chi connectivity index (χ2v) is 14.6. The van der Waals surface area contributed by atoms with Gasteiger partial charge in [0, 0.05) is 22.3 Å². The Morgan fingerprint density at radius 1 is 0.882 bits per heavy atom. The molecule has 0 aliphatic carbocycles. The van der Waals surface area contributed by atoms with Crippen LogP contribution in [0.3, 0.4) is 0 Å². The standard InChI is InChI=1S/C13H24O2Si2/c1-14-17(15-2,12-11-16(3,4)5)13-9-7-6-8-10-13/h6-10H,11-12H2,1-5H3. The number of benzene rings is 1. The predicted octanol–water partition coefficient (Wildman–Crippen LogP) is 2.97. The van der Waals surface area contributed by atoms with Crippen molar-refractivity contribution in [1.29, 1.82) is 0 Å². The summed E-state index contributed by atoms with van der Waals surface area (Å²) >= 11 is 0.